The van der Waals surface area contributed by atoms with Crippen LogP contribution >= 0.6 is 54.5 Å². The Bertz CT molecular complexity index is 1600. The molecule has 0 atom stereocenters. The molecule has 0 aliphatic heterocycles. The number of rotatable bonds is 15. The van der Waals surface area contributed by atoms with E-state index in [1.54, 1.807) is 100 Å². The van der Waals surface area contributed by atoms with E-state index in [1.165, 1.54) is 0 Å². The first-order valence-electron chi connectivity index (χ1n) is 17.1. The van der Waals surface area contributed by atoms with Crippen molar-refractivity contribution in [2.24, 2.45) is 0 Å². The molecule has 3 rings (SSSR count). The van der Waals surface area contributed by atoms with Gasteiger partial charge in [-0.25, -0.2) is 19.2 Å². The van der Waals surface area contributed by atoms with E-state index in [4.69, 9.17) is 37.9 Å². The van der Waals surface area contributed by atoms with E-state index < -0.39 is 70.7 Å². The molecular weight excluding hydrogens is 947 g/mol. The van der Waals surface area contributed by atoms with E-state index in [1.807, 2.05) is 22.6 Å². The van der Waals surface area contributed by atoms with Crippen molar-refractivity contribution in [2.45, 2.75) is 107 Å². The van der Waals surface area contributed by atoms with E-state index in [2.05, 4.69) is 31.9 Å². The summed E-state index contributed by atoms with van der Waals surface area (Å²) in [7, 11) is 0. The summed E-state index contributed by atoms with van der Waals surface area (Å²) in [5.41, 5.74) is -0.601. The molecule has 0 fully saturated rings. The van der Waals surface area contributed by atoms with Gasteiger partial charge in [0.05, 0.1) is 0 Å². The van der Waals surface area contributed by atoms with Crippen molar-refractivity contribution < 1.29 is 57.1 Å². The van der Waals surface area contributed by atoms with Crippen LogP contribution in [-0.4, -0.2) is 70.7 Å². The fraction of sp³-hybridized carbons (Fsp3) is 0.538. The zero-order chi connectivity index (χ0) is 40.8. The summed E-state index contributed by atoms with van der Waals surface area (Å²) in [4.78, 5) is 50.7. The van der Waals surface area contributed by atoms with Gasteiger partial charge in [-0.1, -0.05) is 31.9 Å². The second-order valence-electron chi connectivity index (χ2n) is 15.7. The highest BCUT2D eigenvalue weighted by molar-refractivity contribution is 14.1. The third-order valence-corrected chi connectivity index (χ3v) is 8.08. The maximum Gasteiger partial charge on any atom is 0.345 e. The van der Waals surface area contributed by atoms with Gasteiger partial charge in [-0.15, -0.1) is 0 Å². The van der Waals surface area contributed by atoms with Crippen LogP contribution in [0, 0.1) is 0 Å². The second-order valence-corrected chi connectivity index (χ2v) is 19.4. The quantitative estimate of drug-likeness (QED) is 0.0472. The number of hydrogen-bond donors (Lipinski definition) is 0. The monoisotopic (exact) mass is 994 g/mol. The van der Waals surface area contributed by atoms with Crippen molar-refractivity contribution in [1.82, 2.24) is 0 Å². The summed E-state index contributed by atoms with van der Waals surface area (Å²) < 4.78 is 45.0. The number of hydrogen-bond acceptors (Lipinski definition) is 12. The van der Waals surface area contributed by atoms with Crippen molar-refractivity contribution in [2.75, 3.05) is 26.4 Å². The number of carbonyl (C=O) groups excluding carboxylic acids is 4. The molecule has 15 heteroatoms. The first-order chi connectivity index (χ1) is 24.8. The molecule has 0 saturated heterocycles. The molecular formula is C39H49Br2IO12. The Morgan fingerprint density at radius 3 is 0.870 bits per heavy atom. The van der Waals surface area contributed by atoms with Gasteiger partial charge >= 0.3 is 23.9 Å². The SMILES string of the molecule is CC(C)(C)OC(=O)COc1cc2c(CBr)c3cc(OCC(=O)OC(C)(C)C)c(OCC(=O)OC(C)(C)I)cc3c(CBr)c2cc1OCC(=O)OC(C)(C)C. The second kappa shape index (κ2) is 18.3. The minimum atomic E-state index is -0.761. The highest BCUT2D eigenvalue weighted by atomic mass is 127. The van der Waals surface area contributed by atoms with Crippen molar-refractivity contribution in [3.63, 3.8) is 0 Å². The highest BCUT2D eigenvalue weighted by Crippen LogP contribution is 2.44. The van der Waals surface area contributed by atoms with Gasteiger partial charge in [-0.05, 0) is 156 Å². The van der Waals surface area contributed by atoms with Gasteiger partial charge in [0.1, 0.15) is 16.8 Å². The molecule has 0 amide bonds. The molecule has 0 N–H and O–H groups in total. The van der Waals surface area contributed by atoms with E-state index in [9.17, 15) is 19.2 Å². The van der Waals surface area contributed by atoms with Crippen LogP contribution in [0.3, 0.4) is 0 Å². The van der Waals surface area contributed by atoms with Crippen LogP contribution in [0.25, 0.3) is 21.5 Å². The molecule has 0 aliphatic carbocycles. The molecule has 0 radical (unpaired) electrons. The predicted octanol–water partition coefficient (Wildman–Crippen LogP) is 9.04. The first-order valence-corrected chi connectivity index (χ1v) is 20.4. The van der Waals surface area contributed by atoms with Crippen molar-refractivity contribution in [3.05, 3.63) is 35.4 Å². The van der Waals surface area contributed by atoms with E-state index in [0.717, 1.165) is 32.7 Å². The lowest BCUT2D eigenvalue weighted by molar-refractivity contribution is -0.158. The van der Waals surface area contributed by atoms with Crippen molar-refractivity contribution >= 4 is 99.9 Å². The Kier molecular flexibility index (Phi) is 15.3. The zero-order valence-electron chi connectivity index (χ0n) is 32.6. The minimum absolute atomic E-state index is 0.190. The molecule has 0 unspecified atom stereocenters. The number of fused-ring (bicyclic) bond motifs is 2. The zero-order valence-corrected chi connectivity index (χ0v) is 37.9. The Morgan fingerprint density at radius 2 is 0.685 bits per heavy atom. The van der Waals surface area contributed by atoms with Crippen LogP contribution in [-0.2, 0) is 48.8 Å². The third-order valence-electron chi connectivity index (χ3n) is 6.73. The molecule has 0 bridgehead atoms. The summed E-state index contributed by atoms with van der Waals surface area (Å²) >= 11 is 9.30. The van der Waals surface area contributed by atoms with Gasteiger partial charge in [0.2, 0.25) is 0 Å². The molecule has 0 saturated carbocycles. The molecule has 0 heterocycles. The molecule has 12 nitrogen and oxygen atoms in total. The van der Waals surface area contributed by atoms with Crippen LogP contribution in [0.2, 0.25) is 0 Å². The number of carbonyl (C=O) groups is 4. The molecule has 298 valence electrons. The molecule has 0 aromatic heterocycles. The summed E-state index contributed by atoms with van der Waals surface area (Å²) in [6.07, 6.45) is 0. The molecule has 3 aromatic carbocycles. The number of ether oxygens (including phenoxy) is 8. The summed E-state index contributed by atoms with van der Waals surface area (Å²) in [5, 5.41) is 3.65. The van der Waals surface area contributed by atoms with Gasteiger partial charge in [-0.3, -0.25) is 0 Å². The number of benzene rings is 3. The average molecular weight is 997 g/mol. The van der Waals surface area contributed by atoms with Gasteiger partial charge in [0.15, 0.2) is 53.0 Å². The van der Waals surface area contributed by atoms with Crippen LogP contribution in [0.15, 0.2) is 24.3 Å². The summed E-state index contributed by atoms with van der Waals surface area (Å²) in [6, 6.07) is 6.94. The normalized spacial score (nSPS) is 12.3. The summed E-state index contributed by atoms with van der Waals surface area (Å²) in [5.74, 6) is -1.61. The fourth-order valence-corrected chi connectivity index (χ4v) is 6.56. The largest absolute Gasteiger partial charge is 0.478 e. The Morgan fingerprint density at radius 1 is 0.463 bits per heavy atom. The maximum atomic E-state index is 12.7. The third kappa shape index (κ3) is 14.2. The van der Waals surface area contributed by atoms with Crippen LogP contribution in [0.1, 0.15) is 87.3 Å². The molecule has 54 heavy (non-hydrogen) atoms. The van der Waals surface area contributed by atoms with Crippen LogP contribution in [0.4, 0.5) is 0 Å². The standard InChI is InChI=1S/C39H49Br2IO12/c1-36(2,3)51-32(43)18-47-28-12-22-23(13-29(28)48-19-33(44)52-37(4,5)6)27(17-41)25-15-31(50-21-35(46)54-39(10,11)42)30(14-24(25)26(22)16-40)49-20-34(45)53-38(7,8)9/h12-15H,16-21H2,1-11H3. The molecule has 3 aromatic rings. The summed E-state index contributed by atoms with van der Waals surface area (Å²) in [6.45, 7) is 17.6. The maximum absolute atomic E-state index is 12.7. The van der Waals surface area contributed by atoms with Crippen molar-refractivity contribution in [1.29, 1.82) is 0 Å². The van der Waals surface area contributed by atoms with Gasteiger partial charge in [0.25, 0.3) is 0 Å². The van der Waals surface area contributed by atoms with E-state index in [-0.39, 0.29) is 23.0 Å². The topological polar surface area (TPSA) is 142 Å². The van der Waals surface area contributed by atoms with Crippen molar-refractivity contribution in [3.8, 4) is 23.0 Å². The Labute approximate surface area is 346 Å². The minimum Gasteiger partial charge on any atom is -0.478 e. The molecule has 0 aliphatic rings. The fourth-order valence-electron chi connectivity index (χ4n) is 5.11. The number of halogens is 3. The Balaban J connectivity index is 2.25. The number of esters is 4. The smallest absolute Gasteiger partial charge is 0.345 e. The molecule has 0 spiro atoms. The highest BCUT2D eigenvalue weighted by Gasteiger charge is 2.25. The first kappa shape index (κ1) is 45.3. The Hall–Kier alpha value is -3.05. The number of alkyl halides is 3. The lowest BCUT2D eigenvalue weighted by atomic mass is 9.92. The van der Waals surface area contributed by atoms with Gasteiger partial charge < -0.3 is 37.9 Å². The van der Waals surface area contributed by atoms with E-state index >= 15 is 0 Å². The lowest BCUT2D eigenvalue weighted by Crippen LogP contribution is -2.28. The average Bonchev–Trinajstić information content (AvgIpc) is 2.99. The van der Waals surface area contributed by atoms with Gasteiger partial charge in [-0.2, -0.15) is 0 Å². The van der Waals surface area contributed by atoms with E-state index in [0.29, 0.717) is 10.7 Å². The van der Waals surface area contributed by atoms with Gasteiger partial charge in [0, 0.05) is 10.7 Å². The van der Waals surface area contributed by atoms with Crippen LogP contribution < -0.4 is 18.9 Å². The predicted molar refractivity (Wildman–Crippen MR) is 220 cm³/mol. The van der Waals surface area contributed by atoms with Crippen LogP contribution in [0.5, 0.6) is 23.0 Å². The lowest BCUT2D eigenvalue weighted by Gasteiger charge is -2.23.